The van der Waals surface area contributed by atoms with Crippen LogP contribution in [-0.4, -0.2) is 13.7 Å². The Hall–Kier alpha value is -6.84. The largest absolute Gasteiger partial charge is 0.309 e. The van der Waals surface area contributed by atoms with Gasteiger partial charge in [0.1, 0.15) is 0 Å². The van der Waals surface area contributed by atoms with Crippen molar-refractivity contribution in [2.24, 2.45) is 0 Å². The average molecular weight is 650 g/mol. The summed E-state index contributed by atoms with van der Waals surface area (Å²) >= 11 is 0. The van der Waals surface area contributed by atoms with Gasteiger partial charge in [0.15, 0.2) is 0 Å². The lowest BCUT2D eigenvalue weighted by atomic mass is 10.1. The minimum absolute atomic E-state index is 1.15. The molecule has 8 aromatic carbocycles. The molecule has 0 atom stereocenters. The molecule has 0 saturated carbocycles. The first-order valence-corrected chi connectivity index (χ1v) is 17.5. The number of aromatic nitrogens is 3. The molecule has 51 heavy (non-hydrogen) atoms. The SMILES string of the molecule is c1ccc(-c2cccc(-n3c4ccccc4c4c(-n5c6ccccc6c6c(-n7c8ccccc8c8ccccc87)cccc65)cccc43)c2)cc1. The number of rotatable bonds is 4. The lowest BCUT2D eigenvalue weighted by Gasteiger charge is -2.13. The Labute approximate surface area is 294 Å². The lowest BCUT2D eigenvalue weighted by Crippen LogP contribution is -1.98. The summed E-state index contributed by atoms with van der Waals surface area (Å²) in [5.74, 6) is 0. The first-order valence-electron chi connectivity index (χ1n) is 17.5. The molecule has 3 nitrogen and oxygen atoms in total. The van der Waals surface area contributed by atoms with Crippen molar-refractivity contribution in [3.05, 3.63) is 188 Å². The highest BCUT2D eigenvalue weighted by Crippen LogP contribution is 2.43. The van der Waals surface area contributed by atoms with Crippen molar-refractivity contribution in [3.63, 3.8) is 0 Å². The van der Waals surface area contributed by atoms with E-state index >= 15 is 0 Å². The van der Waals surface area contributed by atoms with E-state index in [1.54, 1.807) is 0 Å². The molecule has 11 aromatic rings. The van der Waals surface area contributed by atoms with E-state index in [1.807, 2.05) is 0 Å². The van der Waals surface area contributed by atoms with Crippen molar-refractivity contribution in [2.45, 2.75) is 0 Å². The van der Waals surface area contributed by atoms with Crippen LogP contribution in [0.25, 0.3) is 93.6 Å². The number of benzene rings is 8. The molecule has 0 amide bonds. The van der Waals surface area contributed by atoms with Gasteiger partial charge in [-0.2, -0.15) is 0 Å². The first kappa shape index (κ1) is 28.0. The van der Waals surface area contributed by atoms with Crippen LogP contribution in [-0.2, 0) is 0 Å². The predicted molar refractivity (Wildman–Crippen MR) is 215 cm³/mol. The van der Waals surface area contributed by atoms with Gasteiger partial charge in [0, 0.05) is 38.0 Å². The van der Waals surface area contributed by atoms with Crippen LogP contribution in [0, 0.1) is 0 Å². The fraction of sp³-hybridized carbons (Fsp3) is 0. The fourth-order valence-electron chi connectivity index (χ4n) is 8.55. The van der Waals surface area contributed by atoms with E-state index in [1.165, 1.54) is 87.9 Å². The molecule has 0 aliphatic carbocycles. The molecule has 3 heteroatoms. The molecule has 238 valence electrons. The summed E-state index contributed by atoms with van der Waals surface area (Å²) in [5, 5.41) is 7.49. The Balaban J connectivity index is 1.23. The van der Waals surface area contributed by atoms with E-state index in [0.29, 0.717) is 0 Å². The summed E-state index contributed by atoms with van der Waals surface area (Å²) < 4.78 is 7.37. The van der Waals surface area contributed by atoms with Gasteiger partial charge in [-0.05, 0) is 71.8 Å². The Morgan fingerprint density at radius 2 is 0.647 bits per heavy atom. The normalized spacial score (nSPS) is 11.9. The van der Waals surface area contributed by atoms with Crippen LogP contribution < -0.4 is 0 Å². The third-order valence-corrected chi connectivity index (χ3v) is 10.6. The van der Waals surface area contributed by atoms with Gasteiger partial charge >= 0.3 is 0 Å². The summed E-state index contributed by atoms with van der Waals surface area (Å²) in [7, 11) is 0. The molecule has 0 bridgehead atoms. The average Bonchev–Trinajstić information content (AvgIpc) is 3.84. The lowest BCUT2D eigenvalue weighted by molar-refractivity contribution is 1.17. The summed E-state index contributed by atoms with van der Waals surface area (Å²) in [6, 6.07) is 68.4. The Morgan fingerprint density at radius 1 is 0.255 bits per heavy atom. The van der Waals surface area contributed by atoms with E-state index < -0.39 is 0 Å². The maximum absolute atomic E-state index is 2.49. The second kappa shape index (κ2) is 10.8. The Bertz CT molecular complexity index is 3080. The molecular weight excluding hydrogens is 619 g/mol. The second-order valence-electron chi connectivity index (χ2n) is 13.3. The molecule has 3 aromatic heterocycles. The second-order valence-corrected chi connectivity index (χ2v) is 13.3. The highest BCUT2D eigenvalue weighted by atomic mass is 15.0. The molecular formula is C48H31N3. The summed E-state index contributed by atoms with van der Waals surface area (Å²) in [6.45, 7) is 0. The van der Waals surface area contributed by atoms with E-state index in [0.717, 1.165) is 5.69 Å². The van der Waals surface area contributed by atoms with Crippen LogP contribution in [0.4, 0.5) is 0 Å². The monoisotopic (exact) mass is 649 g/mol. The Kier molecular flexibility index (Phi) is 5.96. The zero-order valence-electron chi connectivity index (χ0n) is 27.7. The van der Waals surface area contributed by atoms with Crippen LogP contribution in [0.5, 0.6) is 0 Å². The molecule has 0 radical (unpaired) electrons. The summed E-state index contributed by atoms with van der Waals surface area (Å²) in [5.41, 5.74) is 13.1. The van der Waals surface area contributed by atoms with Gasteiger partial charge in [0.25, 0.3) is 0 Å². The smallest absolute Gasteiger partial charge is 0.0562 e. The van der Waals surface area contributed by atoms with Gasteiger partial charge in [-0.1, -0.05) is 127 Å². The van der Waals surface area contributed by atoms with E-state index in [9.17, 15) is 0 Å². The van der Waals surface area contributed by atoms with E-state index in [4.69, 9.17) is 0 Å². The zero-order chi connectivity index (χ0) is 33.5. The molecule has 11 rings (SSSR count). The molecule has 0 unspecified atom stereocenters. The van der Waals surface area contributed by atoms with Gasteiger partial charge in [-0.15, -0.1) is 0 Å². The molecule has 0 fully saturated rings. The molecule has 0 spiro atoms. The highest BCUT2D eigenvalue weighted by Gasteiger charge is 2.22. The maximum atomic E-state index is 2.49. The van der Waals surface area contributed by atoms with Crippen LogP contribution in [0.3, 0.4) is 0 Å². The predicted octanol–water partition coefficient (Wildman–Crippen LogP) is 12.6. The third-order valence-electron chi connectivity index (χ3n) is 10.6. The van der Waals surface area contributed by atoms with Gasteiger partial charge < -0.3 is 13.7 Å². The molecule has 0 saturated heterocycles. The molecule has 0 N–H and O–H groups in total. The quantitative estimate of drug-likeness (QED) is 0.180. The highest BCUT2D eigenvalue weighted by molar-refractivity contribution is 6.19. The minimum Gasteiger partial charge on any atom is -0.309 e. The summed E-state index contributed by atoms with van der Waals surface area (Å²) in [4.78, 5) is 0. The first-order chi connectivity index (χ1) is 25.3. The van der Waals surface area contributed by atoms with Gasteiger partial charge in [0.2, 0.25) is 0 Å². The molecule has 0 aliphatic rings. The number of hydrogen-bond donors (Lipinski definition) is 0. The van der Waals surface area contributed by atoms with Gasteiger partial charge in [-0.25, -0.2) is 0 Å². The van der Waals surface area contributed by atoms with Crippen LogP contribution in [0.2, 0.25) is 0 Å². The molecule has 0 aliphatic heterocycles. The van der Waals surface area contributed by atoms with Gasteiger partial charge in [-0.3, -0.25) is 0 Å². The number of fused-ring (bicyclic) bond motifs is 9. The summed E-state index contributed by atoms with van der Waals surface area (Å²) in [6.07, 6.45) is 0. The van der Waals surface area contributed by atoms with E-state index in [-0.39, 0.29) is 0 Å². The van der Waals surface area contributed by atoms with Crippen molar-refractivity contribution in [3.8, 4) is 28.2 Å². The Morgan fingerprint density at radius 3 is 1.24 bits per heavy atom. The fourth-order valence-corrected chi connectivity index (χ4v) is 8.55. The standard InChI is InChI=1S/C48H31N3/c1-2-15-32(16-3-1)33-17-12-18-34(31-33)49-41-25-10-6-21-37(41)47-43(49)27-13-29-45(47)51-42-26-11-7-22-38(42)48-44(28-14-30-46(48)51)50-39-23-8-4-19-35(39)36-20-5-9-24-40(36)50/h1-31H. The van der Waals surface area contributed by atoms with Crippen molar-refractivity contribution >= 4 is 65.4 Å². The van der Waals surface area contributed by atoms with Crippen molar-refractivity contribution in [2.75, 3.05) is 0 Å². The maximum Gasteiger partial charge on any atom is 0.0562 e. The van der Waals surface area contributed by atoms with Crippen molar-refractivity contribution < 1.29 is 0 Å². The van der Waals surface area contributed by atoms with Gasteiger partial charge in [0.05, 0.1) is 44.5 Å². The number of nitrogens with zero attached hydrogens (tertiary/aromatic N) is 3. The van der Waals surface area contributed by atoms with Crippen molar-refractivity contribution in [1.82, 2.24) is 13.7 Å². The van der Waals surface area contributed by atoms with Crippen LogP contribution in [0.1, 0.15) is 0 Å². The van der Waals surface area contributed by atoms with Crippen LogP contribution >= 0.6 is 0 Å². The van der Waals surface area contributed by atoms with Crippen molar-refractivity contribution in [1.29, 1.82) is 0 Å². The topological polar surface area (TPSA) is 14.8 Å². The number of para-hydroxylation sites is 4. The van der Waals surface area contributed by atoms with E-state index in [2.05, 4.69) is 202 Å². The molecule has 3 heterocycles. The van der Waals surface area contributed by atoms with Crippen LogP contribution in [0.15, 0.2) is 188 Å². The third kappa shape index (κ3) is 4.00. The zero-order valence-corrected chi connectivity index (χ0v) is 27.7. The number of hydrogen-bond acceptors (Lipinski definition) is 0. The minimum atomic E-state index is 1.15.